The van der Waals surface area contributed by atoms with Gasteiger partial charge in [0, 0.05) is 46.5 Å². The number of nitrogen functional groups attached to an aromatic ring is 1. The van der Waals surface area contributed by atoms with Crippen molar-refractivity contribution >= 4 is 28.4 Å². The summed E-state index contributed by atoms with van der Waals surface area (Å²) in [4.78, 5) is 28.6. The average Bonchev–Trinajstić information content (AvgIpc) is 3.23. The Morgan fingerprint density at radius 3 is 2.64 bits per heavy atom. The van der Waals surface area contributed by atoms with Gasteiger partial charge in [0.1, 0.15) is 17.6 Å². The molecule has 3 N–H and O–H groups in total. The average molecular weight is 526 g/mol. The van der Waals surface area contributed by atoms with E-state index in [9.17, 15) is 4.79 Å². The van der Waals surface area contributed by atoms with Gasteiger partial charge < -0.3 is 25.1 Å². The van der Waals surface area contributed by atoms with Crippen LogP contribution in [0.5, 0.6) is 17.5 Å². The van der Waals surface area contributed by atoms with Crippen LogP contribution in [0.1, 0.15) is 11.3 Å². The van der Waals surface area contributed by atoms with E-state index in [0.717, 1.165) is 5.56 Å². The van der Waals surface area contributed by atoms with Gasteiger partial charge in [-0.3, -0.25) is 4.79 Å². The van der Waals surface area contributed by atoms with Gasteiger partial charge in [0.05, 0.1) is 18.3 Å². The maximum absolute atomic E-state index is 15.4. The van der Waals surface area contributed by atoms with Crippen molar-refractivity contribution in [1.29, 1.82) is 0 Å². The second-order valence-corrected chi connectivity index (χ2v) is 8.57. The lowest BCUT2D eigenvalue weighted by Crippen LogP contribution is -2.08. The molecule has 1 amide bonds. The van der Waals surface area contributed by atoms with Crippen LogP contribution in [-0.4, -0.2) is 37.5 Å². The Morgan fingerprint density at radius 1 is 1.10 bits per heavy atom. The standard InChI is InChI=1S/C28H24FN7O3/c1-5-23(37)35-17-6-8-19(22(12-17)38-4)25-16(3)24-26(27(30)33-14-32-24)36(25)18-7-9-21(20(29)13-18)39-28-31-11-10-15(2)34-28/h5-14H,1H2,2-4H3,(H,35,37)(H2,30,32,33). The van der Waals surface area contributed by atoms with Crippen molar-refractivity contribution in [2.45, 2.75) is 13.8 Å². The molecule has 0 unspecified atom stereocenters. The van der Waals surface area contributed by atoms with Crippen LogP contribution in [0.25, 0.3) is 28.0 Å². The molecule has 39 heavy (non-hydrogen) atoms. The highest BCUT2D eigenvalue weighted by atomic mass is 19.1. The first-order valence-electron chi connectivity index (χ1n) is 11.8. The lowest BCUT2D eigenvalue weighted by atomic mass is 10.1. The lowest BCUT2D eigenvalue weighted by molar-refractivity contribution is -0.111. The van der Waals surface area contributed by atoms with E-state index in [1.54, 1.807) is 41.8 Å². The molecule has 0 bridgehead atoms. The zero-order valence-electron chi connectivity index (χ0n) is 21.4. The van der Waals surface area contributed by atoms with Gasteiger partial charge in [0.2, 0.25) is 5.91 Å². The summed E-state index contributed by atoms with van der Waals surface area (Å²) in [5.74, 6) is -0.340. The molecule has 0 aliphatic carbocycles. The summed E-state index contributed by atoms with van der Waals surface area (Å²) < 4.78 is 28.4. The number of rotatable bonds is 7. The van der Waals surface area contributed by atoms with E-state index in [-0.39, 0.29) is 23.5 Å². The second kappa shape index (κ2) is 10.2. The van der Waals surface area contributed by atoms with Gasteiger partial charge in [-0.15, -0.1) is 0 Å². The summed E-state index contributed by atoms with van der Waals surface area (Å²) in [5, 5.41) is 2.72. The van der Waals surface area contributed by atoms with Crippen LogP contribution in [0.2, 0.25) is 0 Å². The van der Waals surface area contributed by atoms with E-state index in [0.29, 0.717) is 45.1 Å². The highest BCUT2D eigenvalue weighted by Crippen LogP contribution is 2.42. The second-order valence-electron chi connectivity index (χ2n) is 8.57. The van der Waals surface area contributed by atoms with E-state index in [4.69, 9.17) is 15.2 Å². The van der Waals surface area contributed by atoms with Crippen LogP contribution >= 0.6 is 0 Å². The Kier molecular flexibility index (Phi) is 6.63. The summed E-state index contributed by atoms with van der Waals surface area (Å²) in [5.41, 5.74) is 11.2. The van der Waals surface area contributed by atoms with E-state index < -0.39 is 5.82 Å². The fourth-order valence-corrected chi connectivity index (χ4v) is 4.30. The Bertz CT molecular complexity index is 1750. The van der Waals surface area contributed by atoms with Crippen molar-refractivity contribution in [3.05, 3.63) is 84.7 Å². The largest absolute Gasteiger partial charge is 0.496 e. The van der Waals surface area contributed by atoms with E-state index in [2.05, 4.69) is 31.8 Å². The number of ether oxygens (including phenoxy) is 2. The zero-order valence-corrected chi connectivity index (χ0v) is 21.4. The van der Waals surface area contributed by atoms with Gasteiger partial charge in [-0.1, -0.05) is 6.58 Å². The molecule has 5 rings (SSSR count). The van der Waals surface area contributed by atoms with Crippen LogP contribution in [0, 0.1) is 19.7 Å². The van der Waals surface area contributed by atoms with Crippen LogP contribution in [0.3, 0.4) is 0 Å². The summed E-state index contributed by atoms with van der Waals surface area (Å²) in [6, 6.07) is 11.5. The molecule has 3 heterocycles. The molecule has 0 saturated carbocycles. The van der Waals surface area contributed by atoms with Crippen LogP contribution in [-0.2, 0) is 4.79 Å². The topological polar surface area (TPSA) is 130 Å². The molecule has 0 saturated heterocycles. The maximum Gasteiger partial charge on any atom is 0.322 e. The van der Waals surface area contributed by atoms with Gasteiger partial charge in [-0.2, -0.15) is 0 Å². The third kappa shape index (κ3) is 4.73. The normalized spacial score (nSPS) is 10.9. The minimum atomic E-state index is -0.632. The number of nitrogens with zero attached hydrogens (tertiary/aromatic N) is 5. The summed E-state index contributed by atoms with van der Waals surface area (Å²) in [6.07, 6.45) is 4.09. The van der Waals surface area contributed by atoms with Crippen molar-refractivity contribution < 1.29 is 18.7 Å². The number of methoxy groups -OCH3 is 1. The molecular weight excluding hydrogens is 501 g/mol. The van der Waals surface area contributed by atoms with Crippen molar-refractivity contribution in [2.24, 2.45) is 0 Å². The van der Waals surface area contributed by atoms with Gasteiger partial charge >= 0.3 is 6.01 Å². The smallest absolute Gasteiger partial charge is 0.322 e. The predicted octanol–water partition coefficient (Wildman–Crippen LogP) is 5.14. The monoisotopic (exact) mass is 525 g/mol. The first kappa shape index (κ1) is 25.3. The highest BCUT2D eigenvalue weighted by Gasteiger charge is 2.24. The first-order valence-corrected chi connectivity index (χ1v) is 11.8. The van der Waals surface area contributed by atoms with Crippen LogP contribution in [0.4, 0.5) is 15.9 Å². The molecule has 5 aromatic rings. The molecule has 0 radical (unpaired) electrons. The van der Waals surface area contributed by atoms with Crippen molar-refractivity contribution in [1.82, 2.24) is 24.5 Å². The minimum Gasteiger partial charge on any atom is -0.496 e. The number of anilines is 2. The highest BCUT2D eigenvalue weighted by molar-refractivity contribution is 6.00. The molecule has 0 fully saturated rings. The Balaban J connectivity index is 1.68. The molecule has 0 aliphatic heterocycles. The molecule has 2 aromatic carbocycles. The quantitative estimate of drug-likeness (QED) is 0.279. The number of carbonyl (C=O) groups is 1. The summed E-state index contributed by atoms with van der Waals surface area (Å²) in [7, 11) is 1.52. The summed E-state index contributed by atoms with van der Waals surface area (Å²) >= 11 is 0. The van der Waals surface area contributed by atoms with E-state index >= 15 is 4.39 Å². The first-order chi connectivity index (χ1) is 18.8. The van der Waals surface area contributed by atoms with Gasteiger partial charge in [-0.25, -0.2) is 24.3 Å². The van der Waals surface area contributed by atoms with E-state index in [1.807, 2.05) is 6.92 Å². The number of fused-ring (bicyclic) bond motifs is 1. The van der Waals surface area contributed by atoms with Gasteiger partial charge in [0.15, 0.2) is 17.4 Å². The molecule has 11 heteroatoms. The fraction of sp³-hybridized carbons (Fsp3) is 0.107. The number of nitrogens with one attached hydrogen (secondary N) is 1. The third-order valence-corrected chi connectivity index (χ3v) is 6.07. The molecule has 0 spiro atoms. The van der Waals surface area contributed by atoms with E-state index in [1.165, 1.54) is 37.8 Å². The number of halogens is 1. The number of carbonyl (C=O) groups excluding carboxylic acids is 1. The fourth-order valence-electron chi connectivity index (χ4n) is 4.30. The maximum atomic E-state index is 15.4. The van der Waals surface area contributed by atoms with Crippen LogP contribution < -0.4 is 20.5 Å². The number of aryl methyl sites for hydroxylation is 2. The Labute approximate surface area is 223 Å². The lowest BCUT2D eigenvalue weighted by Gasteiger charge is -2.16. The number of nitrogens with two attached hydrogens (primary N) is 1. The molecule has 0 atom stereocenters. The summed E-state index contributed by atoms with van der Waals surface area (Å²) in [6.45, 7) is 7.15. The molecule has 10 nitrogen and oxygen atoms in total. The number of benzene rings is 2. The molecule has 196 valence electrons. The van der Waals surface area contributed by atoms with Gasteiger partial charge in [0.25, 0.3) is 0 Å². The van der Waals surface area contributed by atoms with Crippen LogP contribution in [0.15, 0.2) is 67.6 Å². The SMILES string of the molecule is C=CC(=O)Nc1ccc(-c2c(C)c3ncnc(N)c3n2-c2ccc(Oc3nccc(C)n3)c(F)c2)c(OC)c1. The Hall–Kier alpha value is -5.32. The molecule has 3 aromatic heterocycles. The van der Waals surface area contributed by atoms with Crippen molar-refractivity contribution in [3.8, 4) is 34.5 Å². The number of hydrogen-bond donors (Lipinski definition) is 2. The predicted molar refractivity (Wildman–Crippen MR) is 146 cm³/mol. The molecular formula is C28H24FN7O3. The number of amides is 1. The number of hydrogen-bond acceptors (Lipinski definition) is 8. The minimum absolute atomic E-state index is 0.0376. The van der Waals surface area contributed by atoms with Gasteiger partial charge in [-0.05, 0) is 50.3 Å². The third-order valence-electron chi connectivity index (χ3n) is 6.07. The number of aromatic nitrogens is 5. The van der Waals surface area contributed by atoms with Crippen molar-refractivity contribution in [2.75, 3.05) is 18.2 Å². The molecule has 0 aliphatic rings. The Morgan fingerprint density at radius 2 is 1.92 bits per heavy atom. The zero-order chi connectivity index (χ0) is 27.7. The van der Waals surface area contributed by atoms with Crippen molar-refractivity contribution in [3.63, 3.8) is 0 Å².